The third-order valence-corrected chi connectivity index (χ3v) is 5.92. The van der Waals surface area contributed by atoms with E-state index in [0.717, 1.165) is 15.4 Å². The topological polar surface area (TPSA) is 103 Å². The first-order valence-electron chi connectivity index (χ1n) is 5.63. The van der Waals surface area contributed by atoms with Crippen molar-refractivity contribution in [2.24, 2.45) is 0 Å². The van der Waals surface area contributed by atoms with Crippen LogP contribution in [0, 0.1) is 0 Å². The molecule has 1 unspecified atom stereocenters. The van der Waals surface area contributed by atoms with E-state index in [1.807, 2.05) is 17.5 Å². The van der Waals surface area contributed by atoms with Gasteiger partial charge in [0.15, 0.2) is 5.03 Å². The Balaban J connectivity index is 2.39. The van der Waals surface area contributed by atoms with E-state index in [1.54, 1.807) is 6.92 Å². The highest BCUT2D eigenvalue weighted by molar-refractivity contribution is 7.89. The van der Waals surface area contributed by atoms with Gasteiger partial charge < -0.3 is 5.11 Å². The number of thiophene rings is 1. The van der Waals surface area contributed by atoms with Crippen molar-refractivity contribution < 1.29 is 18.3 Å². The number of rotatable bonds is 5. The van der Waals surface area contributed by atoms with Crippen LogP contribution in [0.4, 0.5) is 0 Å². The summed E-state index contributed by atoms with van der Waals surface area (Å²) in [6.45, 7) is 1.74. The molecule has 1 atom stereocenters. The molecule has 0 saturated heterocycles. The van der Waals surface area contributed by atoms with Crippen LogP contribution < -0.4 is 0 Å². The maximum absolute atomic E-state index is 12.5. The van der Waals surface area contributed by atoms with Gasteiger partial charge in [-0.2, -0.15) is 9.40 Å². The van der Waals surface area contributed by atoms with Crippen molar-refractivity contribution in [3.8, 4) is 0 Å². The Morgan fingerprint density at radius 3 is 2.80 bits per heavy atom. The van der Waals surface area contributed by atoms with Crippen molar-refractivity contribution in [2.75, 3.05) is 7.05 Å². The quantitative estimate of drug-likeness (QED) is 0.871. The number of nitrogens with zero attached hydrogens (tertiary/aromatic N) is 2. The zero-order chi connectivity index (χ0) is 14.9. The largest absolute Gasteiger partial charge is 0.478 e. The SMILES string of the molecule is CC(c1cccs1)N(C)S(=O)(=O)c1[nH]ncc1C(=O)O. The fourth-order valence-corrected chi connectivity index (χ4v) is 3.98. The van der Waals surface area contributed by atoms with Gasteiger partial charge in [-0.1, -0.05) is 6.07 Å². The fraction of sp³-hybridized carbons (Fsp3) is 0.273. The van der Waals surface area contributed by atoms with Gasteiger partial charge >= 0.3 is 5.97 Å². The van der Waals surface area contributed by atoms with E-state index in [2.05, 4.69) is 10.2 Å². The van der Waals surface area contributed by atoms with E-state index in [0.29, 0.717) is 0 Å². The van der Waals surface area contributed by atoms with Gasteiger partial charge in [0.25, 0.3) is 10.0 Å². The Hall–Kier alpha value is -1.71. The molecule has 2 aromatic rings. The molecule has 0 aliphatic heterocycles. The maximum atomic E-state index is 12.5. The molecule has 0 saturated carbocycles. The van der Waals surface area contributed by atoms with E-state index in [9.17, 15) is 13.2 Å². The van der Waals surface area contributed by atoms with Gasteiger partial charge in [-0.3, -0.25) is 5.10 Å². The molecule has 7 nitrogen and oxygen atoms in total. The first-order chi connectivity index (χ1) is 9.35. The lowest BCUT2D eigenvalue weighted by Crippen LogP contribution is -2.30. The van der Waals surface area contributed by atoms with Crippen LogP contribution in [0.3, 0.4) is 0 Å². The molecule has 0 aromatic carbocycles. The van der Waals surface area contributed by atoms with Gasteiger partial charge in [0.05, 0.1) is 12.2 Å². The molecule has 0 radical (unpaired) electrons. The molecule has 0 spiro atoms. The van der Waals surface area contributed by atoms with E-state index in [-0.39, 0.29) is 5.56 Å². The molecule has 0 amide bonds. The standard InChI is InChI=1S/C11H13N3O4S2/c1-7(9-4-3-5-19-9)14(2)20(17,18)10-8(11(15)16)6-12-13-10/h3-7H,1-2H3,(H,12,13)(H,15,16). The molecule has 2 rings (SSSR count). The molecule has 0 aliphatic carbocycles. The number of hydrogen-bond donors (Lipinski definition) is 2. The summed E-state index contributed by atoms with van der Waals surface area (Å²) in [4.78, 5) is 11.9. The average molecular weight is 315 g/mol. The van der Waals surface area contributed by atoms with Gasteiger partial charge in [0.1, 0.15) is 5.56 Å². The molecule has 2 N–H and O–H groups in total. The first-order valence-corrected chi connectivity index (χ1v) is 7.95. The monoisotopic (exact) mass is 315 g/mol. The second-order valence-corrected chi connectivity index (χ2v) is 7.04. The Morgan fingerprint density at radius 2 is 2.25 bits per heavy atom. The lowest BCUT2D eigenvalue weighted by Gasteiger charge is -2.22. The third-order valence-electron chi connectivity index (χ3n) is 2.97. The fourth-order valence-electron chi connectivity index (χ4n) is 1.68. The summed E-state index contributed by atoms with van der Waals surface area (Å²) in [5, 5.41) is 16.2. The summed E-state index contributed by atoms with van der Waals surface area (Å²) in [5.74, 6) is -1.34. The number of aromatic carboxylic acids is 1. The number of H-pyrrole nitrogens is 1. The van der Waals surface area contributed by atoms with Crippen LogP contribution in [0.15, 0.2) is 28.7 Å². The summed E-state index contributed by atoms with van der Waals surface area (Å²) in [7, 11) is -2.55. The molecule has 2 aromatic heterocycles. The number of nitrogens with one attached hydrogen (secondary N) is 1. The highest BCUT2D eigenvalue weighted by Crippen LogP contribution is 2.28. The van der Waals surface area contributed by atoms with Gasteiger partial charge in [-0.05, 0) is 18.4 Å². The van der Waals surface area contributed by atoms with E-state index < -0.39 is 27.1 Å². The van der Waals surface area contributed by atoms with Crippen LogP contribution in [0.25, 0.3) is 0 Å². The minimum atomic E-state index is -3.96. The zero-order valence-electron chi connectivity index (χ0n) is 10.8. The summed E-state index contributed by atoms with van der Waals surface area (Å²) in [6, 6.07) is 3.26. The number of aromatic nitrogens is 2. The molecule has 2 heterocycles. The number of carboxylic acids is 1. The van der Waals surface area contributed by atoms with Crippen LogP contribution in [0.5, 0.6) is 0 Å². The molecule has 20 heavy (non-hydrogen) atoms. The number of aromatic amines is 1. The van der Waals surface area contributed by atoms with Crippen LogP contribution in [-0.2, 0) is 10.0 Å². The lowest BCUT2D eigenvalue weighted by molar-refractivity contribution is 0.0692. The predicted molar refractivity (Wildman–Crippen MR) is 73.2 cm³/mol. The Morgan fingerprint density at radius 1 is 1.55 bits per heavy atom. The molecule has 108 valence electrons. The normalized spacial score (nSPS) is 13.6. The summed E-state index contributed by atoms with van der Waals surface area (Å²) in [6.07, 6.45) is 0.985. The van der Waals surface area contributed by atoms with Crippen molar-refractivity contribution >= 4 is 27.3 Å². The molecular weight excluding hydrogens is 302 g/mol. The predicted octanol–water partition coefficient (Wildman–Crippen LogP) is 1.55. The van der Waals surface area contributed by atoms with E-state index in [4.69, 9.17) is 5.11 Å². The Labute approximate surface area is 119 Å². The second kappa shape index (κ2) is 5.35. The van der Waals surface area contributed by atoms with Gasteiger partial charge in [-0.15, -0.1) is 11.3 Å². The van der Waals surface area contributed by atoms with Crippen molar-refractivity contribution in [1.82, 2.24) is 14.5 Å². The minimum Gasteiger partial charge on any atom is -0.478 e. The average Bonchev–Trinajstić information content (AvgIpc) is 3.07. The van der Waals surface area contributed by atoms with E-state index in [1.165, 1.54) is 18.4 Å². The van der Waals surface area contributed by atoms with Crippen molar-refractivity contribution in [3.05, 3.63) is 34.2 Å². The van der Waals surface area contributed by atoms with Crippen molar-refractivity contribution in [3.63, 3.8) is 0 Å². The Kier molecular flexibility index (Phi) is 3.93. The lowest BCUT2D eigenvalue weighted by atomic mass is 10.3. The highest BCUT2D eigenvalue weighted by Gasteiger charge is 2.32. The first kappa shape index (κ1) is 14.7. The van der Waals surface area contributed by atoms with Crippen LogP contribution >= 0.6 is 11.3 Å². The van der Waals surface area contributed by atoms with Crippen LogP contribution in [0.2, 0.25) is 0 Å². The van der Waals surface area contributed by atoms with Crippen LogP contribution in [0.1, 0.15) is 28.2 Å². The second-order valence-electron chi connectivity index (χ2n) is 4.13. The molecular formula is C11H13N3O4S2. The van der Waals surface area contributed by atoms with Crippen LogP contribution in [-0.4, -0.2) is 41.0 Å². The molecule has 9 heteroatoms. The molecule has 0 bridgehead atoms. The van der Waals surface area contributed by atoms with Gasteiger partial charge in [0.2, 0.25) is 0 Å². The van der Waals surface area contributed by atoms with Gasteiger partial charge in [-0.25, -0.2) is 13.2 Å². The number of sulfonamides is 1. The van der Waals surface area contributed by atoms with Crippen molar-refractivity contribution in [1.29, 1.82) is 0 Å². The highest BCUT2D eigenvalue weighted by atomic mass is 32.2. The maximum Gasteiger partial charge on any atom is 0.340 e. The number of carbonyl (C=O) groups is 1. The third kappa shape index (κ3) is 2.47. The minimum absolute atomic E-state index is 0.366. The summed E-state index contributed by atoms with van der Waals surface area (Å²) in [5.41, 5.74) is -0.366. The van der Waals surface area contributed by atoms with E-state index >= 15 is 0 Å². The molecule has 0 aliphatic rings. The molecule has 0 fully saturated rings. The number of carboxylic acid groups (broad SMARTS) is 1. The van der Waals surface area contributed by atoms with Crippen molar-refractivity contribution in [2.45, 2.75) is 18.0 Å². The smallest absolute Gasteiger partial charge is 0.340 e. The summed E-state index contributed by atoms with van der Waals surface area (Å²) >= 11 is 1.43. The van der Waals surface area contributed by atoms with Gasteiger partial charge in [0, 0.05) is 11.9 Å². The summed E-state index contributed by atoms with van der Waals surface area (Å²) < 4.78 is 26.0. The number of hydrogen-bond acceptors (Lipinski definition) is 5. The Bertz CT molecular complexity index is 706. The zero-order valence-corrected chi connectivity index (χ0v) is 12.4.